The van der Waals surface area contributed by atoms with E-state index in [4.69, 9.17) is 9.47 Å². The summed E-state index contributed by atoms with van der Waals surface area (Å²) in [5.41, 5.74) is 4.04. The van der Waals surface area contributed by atoms with Gasteiger partial charge in [-0.3, -0.25) is 0 Å². The number of rotatable bonds is 5. The Labute approximate surface area is 156 Å². The Hall–Kier alpha value is -3.54. The molecule has 2 heterocycles. The number of hydrogen-bond acceptors (Lipinski definition) is 6. The molecule has 0 bridgehead atoms. The number of methoxy groups -OCH3 is 2. The van der Waals surface area contributed by atoms with Crippen LogP contribution in [0.25, 0.3) is 22.4 Å². The van der Waals surface area contributed by atoms with Crippen LogP contribution in [0.5, 0.6) is 11.5 Å². The summed E-state index contributed by atoms with van der Waals surface area (Å²) < 4.78 is 10.7. The molecule has 0 fully saturated rings. The maximum absolute atomic E-state index is 5.33. The third-order valence-corrected chi connectivity index (χ3v) is 4.20. The standard InChI is InChI=1S/C21H18N4O2/c1-26-16-8-14(9-17(11-16)27-2)10-20-23-13-19-21(25-20)24-18(12-22-19)15-6-4-3-5-7-15/h3-9,11-13H,10H2,1-2H3. The van der Waals surface area contributed by atoms with Gasteiger partial charge in [-0.15, -0.1) is 0 Å². The van der Waals surface area contributed by atoms with E-state index in [2.05, 4.69) is 19.9 Å². The second kappa shape index (κ2) is 7.37. The zero-order valence-corrected chi connectivity index (χ0v) is 15.1. The molecule has 0 aliphatic carbocycles. The molecule has 0 aliphatic rings. The van der Waals surface area contributed by atoms with Gasteiger partial charge in [-0.1, -0.05) is 30.3 Å². The number of ether oxygens (including phenoxy) is 2. The maximum atomic E-state index is 5.33. The number of benzene rings is 2. The molecule has 0 amide bonds. The van der Waals surface area contributed by atoms with Crippen LogP contribution in [0.3, 0.4) is 0 Å². The first-order valence-corrected chi connectivity index (χ1v) is 8.51. The molecule has 0 radical (unpaired) electrons. The molecule has 2 aromatic carbocycles. The first kappa shape index (κ1) is 16.9. The molecule has 0 N–H and O–H groups in total. The molecule has 0 atom stereocenters. The van der Waals surface area contributed by atoms with Crippen molar-refractivity contribution in [1.82, 2.24) is 19.9 Å². The molecule has 4 aromatic rings. The van der Waals surface area contributed by atoms with Gasteiger partial charge >= 0.3 is 0 Å². The van der Waals surface area contributed by atoms with Crippen molar-refractivity contribution in [1.29, 1.82) is 0 Å². The zero-order valence-electron chi connectivity index (χ0n) is 15.1. The van der Waals surface area contributed by atoms with Crippen LogP contribution in [0.1, 0.15) is 11.4 Å². The highest BCUT2D eigenvalue weighted by molar-refractivity contribution is 5.72. The molecule has 0 spiro atoms. The molecule has 27 heavy (non-hydrogen) atoms. The summed E-state index contributed by atoms with van der Waals surface area (Å²) in [6.07, 6.45) is 3.99. The highest BCUT2D eigenvalue weighted by Crippen LogP contribution is 2.24. The van der Waals surface area contributed by atoms with E-state index in [0.29, 0.717) is 23.4 Å². The van der Waals surface area contributed by atoms with E-state index in [9.17, 15) is 0 Å². The Morgan fingerprint density at radius 3 is 2.26 bits per heavy atom. The molecule has 6 heteroatoms. The summed E-state index contributed by atoms with van der Waals surface area (Å²) in [6, 6.07) is 15.7. The van der Waals surface area contributed by atoms with Gasteiger partial charge in [-0.25, -0.2) is 19.9 Å². The van der Waals surface area contributed by atoms with Gasteiger partial charge in [-0.05, 0) is 17.7 Å². The molecular weight excluding hydrogens is 340 g/mol. The van der Waals surface area contributed by atoms with E-state index >= 15 is 0 Å². The predicted molar refractivity (Wildman–Crippen MR) is 103 cm³/mol. The Morgan fingerprint density at radius 1 is 0.815 bits per heavy atom. The number of nitrogens with zero attached hydrogens (tertiary/aromatic N) is 4. The summed E-state index contributed by atoms with van der Waals surface area (Å²) >= 11 is 0. The summed E-state index contributed by atoms with van der Waals surface area (Å²) in [5.74, 6) is 2.13. The predicted octanol–water partition coefficient (Wildman–Crippen LogP) is 3.69. The Morgan fingerprint density at radius 2 is 1.56 bits per heavy atom. The quantitative estimate of drug-likeness (QED) is 0.542. The topological polar surface area (TPSA) is 70.0 Å². The van der Waals surface area contributed by atoms with Crippen LogP contribution in [0.15, 0.2) is 60.9 Å². The van der Waals surface area contributed by atoms with Gasteiger partial charge in [0.05, 0.1) is 32.3 Å². The van der Waals surface area contributed by atoms with E-state index in [1.807, 2.05) is 48.5 Å². The number of fused-ring (bicyclic) bond motifs is 1. The fraction of sp³-hybridized carbons (Fsp3) is 0.143. The lowest BCUT2D eigenvalue weighted by molar-refractivity contribution is 0.393. The van der Waals surface area contributed by atoms with E-state index in [-0.39, 0.29) is 0 Å². The fourth-order valence-corrected chi connectivity index (χ4v) is 2.83. The van der Waals surface area contributed by atoms with Crippen molar-refractivity contribution in [2.45, 2.75) is 6.42 Å². The number of hydrogen-bond donors (Lipinski definition) is 0. The van der Waals surface area contributed by atoms with Crippen molar-refractivity contribution in [2.24, 2.45) is 0 Å². The second-order valence-corrected chi connectivity index (χ2v) is 6.01. The van der Waals surface area contributed by atoms with E-state index in [1.165, 1.54) is 0 Å². The van der Waals surface area contributed by atoms with Crippen LogP contribution in [-0.2, 0) is 6.42 Å². The van der Waals surface area contributed by atoms with Crippen LogP contribution in [0.2, 0.25) is 0 Å². The van der Waals surface area contributed by atoms with Crippen molar-refractivity contribution >= 4 is 11.2 Å². The third kappa shape index (κ3) is 3.69. The van der Waals surface area contributed by atoms with E-state index in [0.717, 1.165) is 28.3 Å². The molecule has 4 rings (SSSR count). The van der Waals surface area contributed by atoms with Gasteiger partial charge in [0, 0.05) is 18.1 Å². The lowest BCUT2D eigenvalue weighted by atomic mass is 10.1. The molecule has 134 valence electrons. The van der Waals surface area contributed by atoms with Crippen molar-refractivity contribution in [2.75, 3.05) is 14.2 Å². The second-order valence-electron chi connectivity index (χ2n) is 6.01. The summed E-state index contributed by atoms with van der Waals surface area (Å²) in [6.45, 7) is 0. The van der Waals surface area contributed by atoms with Gasteiger partial charge < -0.3 is 9.47 Å². The highest BCUT2D eigenvalue weighted by Gasteiger charge is 2.08. The zero-order chi connectivity index (χ0) is 18.6. The molecule has 0 aliphatic heterocycles. The largest absolute Gasteiger partial charge is 0.497 e. The van der Waals surface area contributed by atoms with Crippen molar-refractivity contribution in [3.05, 3.63) is 72.3 Å². The van der Waals surface area contributed by atoms with Gasteiger partial charge in [0.15, 0.2) is 5.65 Å². The van der Waals surface area contributed by atoms with Crippen LogP contribution in [-0.4, -0.2) is 34.2 Å². The summed E-state index contributed by atoms with van der Waals surface area (Å²) in [5, 5.41) is 0. The molecule has 0 saturated heterocycles. The smallest absolute Gasteiger partial charge is 0.182 e. The Balaban J connectivity index is 1.69. The van der Waals surface area contributed by atoms with Gasteiger partial charge in [-0.2, -0.15) is 0 Å². The minimum atomic E-state index is 0.542. The van der Waals surface area contributed by atoms with E-state index in [1.54, 1.807) is 26.6 Å². The van der Waals surface area contributed by atoms with E-state index < -0.39 is 0 Å². The van der Waals surface area contributed by atoms with Gasteiger partial charge in [0.2, 0.25) is 0 Å². The lowest BCUT2D eigenvalue weighted by Crippen LogP contribution is -2.00. The van der Waals surface area contributed by atoms with Gasteiger partial charge in [0.1, 0.15) is 22.8 Å². The van der Waals surface area contributed by atoms with Crippen molar-refractivity contribution in [3.63, 3.8) is 0 Å². The molecular formula is C21H18N4O2. The maximum Gasteiger partial charge on any atom is 0.182 e. The first-order valence-electron chi connectivity index (χ1n) is 8.51. The van der Waals surface area contributed by atoms with Crippen LogP contribution < -0.4 is 9.47 Å². The molecule has 2 aromatic heterocycles. The third-order valence-electron chi connectivity index (χ3n) is 4.20. The normalized spacial score (nSPS) is 10.7. The SMILES string of the molecule is COc1cc(Cc2ncc3ncc(-c4ccccc4)nc3n2)cc(OC)c1. The van der Waals surface area contributed by atoms with Crippen molar-refractivity contribution in [3.8, 4) is 22.8 Å². The monoisotopic (exact) mass is 358 g/mol. The van der Waals surface area contributed by atoms with Crippen LogP contribution in [0.4, 0.5) is 0 Å². The Bertz CT molecular complexity index is 1060. The molecule has 6 nitrogen and oxygen atoms in total. The van der Waals surface area contributed by atoms with Crippen molar-refractivity contribution < 1.29 is 9.47 Å². The Kier molecular flexibility index (Phi) is 4.61. The fourth-order valence-electron chi connectivity index (χ4n) is 2.83. The highest BCUT2D eigenvalue weighted by atomic mass is 16.5. The van der Waals surface area contributed by atoms with Gasteiger partial charge in [0.25, 0.3) is 0 Å². The minimum absolute atomic E-state index is 0.542. The average molecular weight is 358 g/mol. The van der Waals surface area contributed by atoms with Crippen LogP contribution in [0, 0.1) is 0 Å². The van der Waals surface area contributed by atoms with Crippen LogP contribution >= 0.6 is 0 Å². The summed E-state index contributed by atoms with van der Waals surface area (Å²) in [7, 11) is 3.26. The first-order chi connectivity index (χ1) is 13.2. The minimum Gasteiger partial charge on any atom is -0.497 e. The summed E-state index contributed by atoms with van der Waals surface area (Å²) in [4.78, 5) is 18.1. The lowest BCUT2D eigenvalue weighted by Gasteiger charge is -2.08. The number of aromatic nitrogens is 4. The molecule has 0 saturated carbocycles. The molecule has 0 unspecified atom stereocenters. The average Bonchev–Trinajstić information content (AvgIpc) is 2.73.